The molecule has 0 aromatic heterocycles. The van der Waals surface area contributed by atoms with Gasteiger partial charge in [0.25, 0.3) is 0 Å². The maximum atomic E-state index is 12.5. The number of aryl methyl sites for hydroxylation is 1. The Hall–Kier alpha value is -1.20. The number of hydrogen-bond donors (Lipinski definition) is 1. The van der Waals surface area contributed by atoms with Crippen LogP contribution in [0.3, 0.4) is 0 Å². The number of hydrogen-bond acceptors (Lipinski definition) is 6. The average molecular weight is 392 g/mol. The summed E-state index contributed by atoms with van der Waals surface area (Å²) in [6.07, 6.45) is 1.20. The van der Waals surface area contributed by atoms with Gasteiger partial charge in [-0.1, -0.05) is 6.07 Å². The second-order valence-corrected chi connectivity index (χ2v) is 9.77. The van der Waals surface area contributed by atoms with Crippen molar-refractivity contribution in [2.45, 2.75) is 11.8 Å². The Balaban J connectivity index is 1.91. The summed E-state index contributed by atoms with van der Waals surface area (Å²) in [6, 6.07) is 5.00. The molecule has 0 spiro atoms. The summed E-state index contributed by atoms with van der Waals surface area (Å²) in [5.74, 6) is 0.305. The topological polar surface area (TPSA) is 96.0 Å². The SMILES string of the molecule is COc1ccc(C)cc1S(=O)(=O)NCCN1CCN(S(C)(=O)=O)CC1. The number of nitrogens with zero attached hydrogens (tertiary/aromatic N) is 2. The van der Waals surface area contributed by atoms with E-state index in [1.54, 1.807) is 18.2 Å². The summed E-state index contributed by atoms with van der Waals surface area (Å²) in [5, 5.41) is 0. The molecule has 142 valence electrons. The maximum Gasteiger partial charge on any atom is 0.244 e. The van der Waals surface area contributed by atoms with Crippen molar-refractivity contribution in [2.24, 2.45) is 0 Å². The Bertz CT molecular complexity index is 800. The normalized spacial score (nSPS) is 17.6. The summed E-state index contributed by atoms with van der Waals surface area (Å²) in [6.45, 7) is 4.61. The zero-order valence-corrected chi connectivity index (χ0v) is 16.4. The third-order valence-corrected chi connectivity index (χ3v) is 6.91. The Labute approximate surface area is 149 Å². The molecule has 1 aromatic rings. The first-order valence-corrected chi connectivity index (χ1v) is 11.3. The second-order valence-electron chi connectivity index (χ2n) is 6.06. The highest BCUT2D eigenvalue weighted by molar-refractivity contribution is 7.89. The van der Waals surface area contributed by atoms with Crippen molar-refractivity contribution in [3.8, 4) is 5.75 Å². The monoisotopic (exact) mass is 391 g/mol. The molecule has 0 radical (unpaired) electrons. The van der Waals surface area contributed by atoms with Gasteiger partial charge in [0.05, 0.1) is 13.4 Å². The maximum absolute atomic E-state index is 12.5. The van der Waals surface area contributed by atoms with E-state index < -0.39 is 20.0 Å². The minimum atomic E-state index is -3.67. The van der Waals surface area contributed by atoms with E-state index in [1.165, 1.54) is 17.7 Å². The fourth-order valence-corrected chi connectivity index (χ4v) is 4.79. The summed E-state index contributed by atoms with van der Waals surface area (Å²) < 4.78 is 57.1. The number of ether oxygens (including phenoxy) is 1. The van der Waals surface area contributed by atoms with Crippen molar-refractivity contribution < 1.29 is 21.6 Å². The van der Waals surface area contributed by atoms with Gasteiger partial charge in [-0.15, -0.1) is 0 Å². The number of rotatable bonds is 7. The lowest BCUT2D eigenvalue weighted by Gasteiger charge is -2.33. The highest BCUT2D eigenvalue weighted by Gasteiger charge is 2.24. The highest BCUT2D eigenvalue weighted by atomic mass is 32.2. The van der Waals surface area contributed by atoms with Gasteiger partial charge in [0.2, 0.25) is 20.0 Å². The van der Waals surface area contributed by atoms with Gasteiger partial charge in [-0.3, -0.25) is 4.90 Å². The molecular formula is C15H25N3O5S2. The van der Waals surface area contributed by atoms with Crippen molar-refractivity contribution in [3.63, 3.8) is 0 Å². The molecule has 0 atom stereocenters. The van der Waals surface area contributed by atoms with Gasteiger partial charge >= 0.3 is 0 Å². The van der Waals surface area contributed by atoms with Crippen LogP contribution in [0.2, 0.25) is 0 Å². The van der Waals surface area contributed by atoms with E-state index in [4.69, 9.17) is 4.74 Å². The van der Waals surface area contributed by atoms with E-state index in [1.807, 2.05) is 11.8 Å². The summed E-state index contributed by atoms with van der Waals surface area (Å²) in [5.41, 5.74) is 0.832. The lowest BCUT2D eigenvalue weighted by atomic mass is 10.2. The van der Waals surface area contributed by atoms with Crippen LogP contribution in [0.15, 0.2) is 23.1 Å². The number of nitrogens with one attached hydrogen (secondary N) is 1. The molecule has 2 rings (SSSR count). The van der Waals surface area contributed by atoms with Crippen LogP contribution in [0, 0.1) is 6.92 Å². The van der Waals surface area contributed by atoms with Crippen LogP contribution in [-0.2, 0) is 20.0 Å². The van der Waals surface area contributed by atoms with Gasteiger partial charge in [-0.05, 0) is 24.6 Å². The number of sulfonamides is 2. The Kier molecular flexibility index (Phi) is 6.44. The molecule has 0 amide bonds. The van der Waals surface area contributed by atoms with Crippen LogP contribution >= 0.6 is 0 Å². The van der Waals surface area contributed by atoms with Crippen LogP contribution in [0.25, 0.3) is 0 Å². The molecule has 0 bridgehead atoms. The first-order valence-electron chi connectivity index (χ1n) is 7.95. The first kappa shape index (κ1) is 20.1. The molecule has 1 aliphatic rings. The molecule has 1 saturated heterocycles. The molecule has 1 aliphatic heterocycles. The lowest BCUT2D eigenvalue weighted by Crippen LogP contribution is -2.49. The smallest absolute Gasteiger partial charge is 0.244 e. The first-order chi connectivity index (χ1) is 11.6. The van der Waals surface area contributed by atoms with E-state index in [0.717, 1.165) is 5.56 Å². The van der Waals surface area contributed by atoms with Crippen molar-refractivity contribution in [1.29, 1.82) is 0 Å². The molecule has 0 saturated carbocycles. The molecule has 1 heterocycles. The van der Waals surface area contributed by atoms with E-state index in [-0.39, 0.29) is 11.4 Å². The van der Waals surface area contributed by atoms with E-state index in [2.05, 4.69) is 4.72 Å². The van der Waals surface area contributed by atoms with Crippen LogP contribution in [0.4, 0.5) is 0 Å². The van der Waals surface area contributed by atoms with E-state index in [9.17, 15) is 16.8 Å². The standard InChI is InChI=1S/C15H25N3O5S2/c1-13-4-5-14(23-2)15(12-13)25(21,22)16-6-7-17-8-10-18(11-9-17)24(3,19)20/h4-5,12,16H,6-11H2,1-3H3. The fourth-order valence-electron chi connectivity index (χ4n) is 2.69. The van der Waals surface area contributed by atoms with Gasteiger partial charge in [-0.2, -0.15) is 4.31 Å². The summed E-state index contributed by atoms with van der Waals surface area (Å²) >= 11 is 0. The zero-order valence-electron chi connectivity index (χ0n) is 14.7. The Morgan fingerprint density at radius 2 is 1.76 bits per heavy atom. The van der Waals surface area contributed by atoms with Crippen molar-refractivity contribution >= 4 is 20.0 Å². The van der Waals surface area contributed by atoms with E-state index >= 15 is 0 Å². The average Bonchev–Trinajstić information content (AvgIpc) is 2.54. The molecule has 10 heteroatoms. The lowest BCUT2D eigenvalue weighted by molar-refractivity contribution is 0.192. The van der Waals surface area contributed by atoms with E-state index in [0.29, 0.717) is 38.5 Å². The minimum Gasteiger partial charge on any atom is -0.495 e. The van der Waals surface area contributed by atoms with Crippen LogP contribution in [0.5, 0.6) is 5.75 Å². The predicted molar refractivity (Wildman–Crippen MR) is 95.8 cm³/mol. The second kappa shape index (κ2) is 8.00. The zero-order chi connectivity index (χ0) is 18.7. The summed E-state index contributed by atoms with van der Waals surface area (Å²) in [4.78, 5) is 2.16. The third kappa shape index (κ3) is 5.38. The Morgan fingerprint density at radius 1 is 1.12 bits per heavy atom. The Morgan fingerprint density at radius 3 is 2.32 bits per heavy atom. The minimum absolute atomic E-state index is 0.122. The van der Waals surface area contributed by atoms with Crippen molar-refractivity contribution in [3.05, 3.63) is 23.8 Å². The van der Waals surface area contributed by atoms with Crippen LogP contribution in [-0.4, -0.2) is 78.7 Å². The molecule has 0 unspecified atom stereocenters. The fraction of sp³-hybridized carbons (Fsp3) is 0.600. The number of benzene rings is 1. The van der Waals surface area contributed by atoms with Gasteiger partial charge in [0.1, 0.15) is 10.6 Å². The summed E-state index contributed by atoms with van der Waals surface area (Å²) in [7, 11) is -5.39. The largest absolute Gasteiger partial charge is 0.495 e. The molecule has 25 heavy (non-hydrogen) atoms. The number of methoxy groups -OCH3 is 1. The highest BCUT2D eigenvalue weighted by Crippen LogP contribution is 2.24. The van der Waals surface area contributed by atoms with Gasteiger partial charge < -0.3 is 4.74 Å². The molecule has 8 nitrogen and oxygen atoms in total. The molecule has 1 fully saturated rings. The predicted octanol–water partition coefficient (Wildman–Crippen LogP) is -0.141. The van der Waals surface area contributed by atoms with Gasteiger partial charge in [0.15, 0.2) is 0 Å². The van der Waals surface area contributed by atoms with Crippen LogP contribution < -0.4 is 9.46 Å². The van der Waals surface area contributed by atoms with Crippen LogP contribution in [0.1, 0.15) is 5.56 Å². The van der Waals surface area contributed by atoms with Crippen molar-refractivity contribution in [1.82, 2.24) is 13.9 Å². The molecule has 1 N–H and O–H groups in total. The third-order valence-electron chi connectivity index (χ3n) is 4.13. The molecule has 1 aromatic carbocycles. The van der Waals surface area contributed by atoms with Gasteiger partial charge in [0, 0.05) is 39.3 Å². The molecule has 0 aliphatic carbocycles. The molecular weight excluding hydrogens is 366 g/mol. The van der Waals surface area contributed by atoms with Crippen molar-refractivity contribution in [2.75, 3.05) is 52.6 Å². The van der Waals surface area contributed by atoms with Gasteiger partial charge in [-0.25, -0.2) is 21.6 Å². The number of piperazine rings is 1. The quantitative estimate of drug-likeness (QED) is 0.695.